The largest absolute Gasteiger partial charge is 0.481 e. The number of carboxylic acid groups (broad SMARTS) is 1. The number of nitrogens with zero attached hydrogens (tertiary/aromatic N) is 5. The van der Waals surface area contributed by atoms with E-state index in [2.05, 4.69) is 14.9 Å². The number of aromatic nitrogens is 3. The highest BCUT2D eigenvalue weighted by atomic mass is 35.5. The normalized spacial score (nSPS) is 21.0. The third kappa shape index (κ3) is 8.35. The second kappa shape index (κ2) is 13.4. The molecule has 2 aromatic heterocycles. The summed E-state index contributed by atoms with van der Waals surface area (Å²) in [7, 11) is 1.93. The van der Waals surface area contributed by atoms with Gasteiger partial charge < -0.3 is 14.7 Å². The number of benzene rings is 1. The quantitative estimate of drug-likeness (QED) is 0.314. The minimum Gasteiger partial charge on any atom is -0.481 e. The Morgan fingerprint density at radius 1 is 1.05 bits per heavy atom. The smallest absolute Gasteiger partial charge is 0.303 e. The molecule has 0 amide bonds. The molecule has 1 N–H and O–H groups in total. The first-order valence-electron chi connectivity index (χ1n) is 13.9. The lowest BCUT2D eigenvalue weighted by atomic mass is 9.93. The lowest BCUT2D eigenvalue weighted by Gasteiger charge is -2.31. The minimum absolute atomic E-state index is 0.0377. The standard InChI is InChI=1S/C30H34Cl2FN5O3/c1-37-5-4-21(13-25(33)18-37)30-34-15-26(16-35-30)41-28-9-20(17-38-6-2-19(3-7-38)10-29(39)40)8-27(36-28)22-11-23(31)14-24(32)12-22/h8-9,11-12,14-16,19,21,25H,2-7,10,13,17-18H2,1H3,(H,39,40). The van der Waals surface area contributed by atoms with Crippen LogP contribution in [0.2, 0.25) is 10.0 Å². The van der Waals surface area contributed by atoms with Gasteiger partial charge in [-0.15, -0.1) is 0 Å². The van der Waals surface area contributed by atoms with Crippen molar-refractivity contribution in [1.29, 1.82) is 0 Å². The molecule has 2 fully saturated rings. The van der Waals surface area contributed by atoms with Gasteiger partial charge in [0, 0.05) is 47.1 Å². The van der Waals surface area contributed by atoms with Crippen LogP contribution in [0.4, 0.5) is 4.39 Å². The van der Waals surface area contributed by atoms with Gasteiger partial charge in [0.2, 0.25) is 5.88 Å². The van der Waals surface area contributed by atoms with E-state index in [4.69, 9.17) is 38.0 Å². The average molecular weight is 603 g/mol. The molecule has 218 valence electrons. The SMILES string of the molecule is CN1CCC(c2ncc(Oc3cc(CN4CCC(CC(=O)O)CC4)cc(-c4cc(Cl)cc(Cl)c4)n3)cn2)CC(F)C1. The number of carboxylic acids is 1. The van der Waals surface area contributed by atoms with Crippen LogP contribution >= 0.6 is 23.2 Å². The number of carbonyl (C=O) groups is 1. The van der Waals surface area contributed by atoms with Crippen LogP contribution in [-0.4, -0.2) is 75.2 Å². The van der Waals surface area contributed by atoms with E-state index in [1.165, 1.54) is 0 Å². The number of alkyl halides is 1. The molecule has 2 aliphatic rings. The summed E-state index contributed by atoms with van der Waals surface area (Å²) in [6, 6.07) is 9.17. The van der Waals surface area contributed by atoms with Crippen LogP contribution in [-0.2, 0) is 11.3 Å². The first-order valence-corrected chi connectivity index (χ1v) is 14.7. The summed E-state index contributed by atoms with van der Waals surface area (Å²) in [5, 5.41) is 10.1. The summed E-state index contributed by atoms with van der Waals surface area (Å²) in [5.74, 6) is 0.870. The molecule has 2 unspecified atom stereocenters. The Labute approximate surface area is 249 Å². The Balaban J connectivity index is 1.35. The van der Waals surface area contributed by atoms with Crippen LogP contribution in [0.15, 0.2) is 42.7 Å². The molecule has 0 saturated carbocycles. The monoisotopic (exact) mass is 601 g/mol. The fourth-order valence-corrected chi connectivity index (χ4v) is 6.18. The van der Waals surface area contributed by atoms with Crippen molar-refractivity contribution >= 4 is 29.2 Å². The number of likely N-dealkylation sites (tertiary alicyclic amines) is 2. The predicted octanol–water partition coefficient (Wildman–Crippen LogP) is 6.47. The summed E-state index contributed by atoms with van der Waals surface area (Å²) < 4.78 is 20.5. The van der Waals surface area contributed by atoms with Crippen molar-refractivity contribution in [3.8, 4) is 22.9 Å². The van der Waals surface area contributed by atoms with Crippen LogP contribution < -0.4 is 4.74 Å². The van der Waals surface area contributed by atoms with Gasteiger partial charge in [-0.05, 0) is 88.1 Å². The fourth-order valence-electron chi connectivity index (χ4n) is 5.66. The molecule has 1 aromatic carbocycles. The van der Waals surface area contributed by atoms with Gasteiger partial charge in [-0.2, -0.15) is 0 Å². The summed E-state index contributed by atoms with van der Waals surface area (Å²) in [6.45, 7) is 3.54. The number of ether oxygens (including phenoxy) is 1. The molecule has 11 heteroatoms. The van der Waals surface area contributed by atoms with Crippen molar-refractivity contribution in [2.75, 3.05) is 33.2 Å². The van der Waals surface area contributed by atoms with Crippen molar-refractivity contribution in [2.24, 2.45) is 5.92 Å². The maximum Gasteiger partial charge on any atom is 0.303 e. The number of rotatable bonds is 8. The van der Waals surface area contributed by atoms with Crippen molar-refractivity contribution in [2.45, 2.75) is 50.7 Å². The highest BCUT2D eigenvalue weighted by Gasteiger charge is 2.26. The van der Waals surface area contributed by atoms with Crippen molar-refractivity contribution in [1.82, 2.24) is 24.8 Å². The van der Waals surface area contributed by atoms with Crippen LogP contribution in [0.3, 0.4) is 0 Å². The molecule has 2 saturated heterocycles. The van der Waals surface area contributed by atoms with E-state index >= 15 is 0 Å². The molecule has 0 spiro atoms. The zero-order valence-electron chi connectivity index (χ0n) is 23.0. The van der Waals surface area contributed by atoms with Gasteiger partial charge in [0.15, 0.2) is 5.75 Å². The summed E-state index contributed by atoms with van der Waals surface area (Å²) >= 11 is 12.6. The van der Waals surface area contributed by atoms with Gasteiger partial charge >= 0.3 is 5.97 Å². The van der Waals surface area contributed by atoms with E-state index in [0.717, 1.165) is 50.0 Å². The second-order valence-corrected chi connectivity index (χ2v) is 12.0. The van der Waals surface area contributed by atoms with Crippen molar-refractivity contribution in [3.05, 3.63) is 64.2 Å². The van der Waals surface area contributed by atoms with Gasteiger partial charge in [0.1, 0.15) is 12.0 Å². The first kappa shape index (κ1) is 29.6. The molecule has 0 bridgehead atoms. The molecule has 3 aromatic rings. The van der Waals surface area contributed by atoms with Gasteiger partial charge in [-0.25, -0.2) is 19.3 Å². The van der Waals surface area contributed by atoms with Crippen molar-refractivity contribution in [3.63, 3.8) is 0 Å². The zero-order valence-corrected chi connectivity index (χ0v) is 24.5. The van der Waals surface area contributed by atoms with Crippen LogP contribution in [0.25, 0.3) is 11.3 Å². The Hall–Kier alpha value is -2.85. The van der Waals surface area contributed by atoms with E-state index in [-0.39, 0.29) is 18.3 Å². The number of halogens is 3. The lowest BCUT2D eigenvalue weighted by Crippen LogP contribution is -2.33. The number of hydrogen-bond donors (Lipinski definition) is 1. The van der Waals surface area contributed by atoms with Gasteiger partial charge in [0.05, 0.1) is 18.1 Å². The van der Waals surface area contributed by atoms with Crippen molar-refractivity contribution < 1.29 is 19.0 Å². The predicted molar refractivity (Wildman–Crippen MR) is 156 cm³/mol. The Kier molecular flexibility index (Phi) is 9.70. The second-order valence-electron chi connectivity index (χ2n) is 11.1. The fraction of sp³-hybridized carbons (Fsp3) is 0.467. The Morgan fingerprint density at radius 2 is 1.76 bits per heavy atom. The molecule has 0 aliphatic carbocycles. The number of aliphatic carboxylic acids is 1. The Morgan fingerprint density at radius 3 is 2.44 bits per heavy atom. The summed E-state index contributed by atoms with van der Waals surface area (Å²) in [4.78, 5) is 29.2. The number of hydrogen-bond acceptors (Lipinski definition) is 7. The minimum atomic E-state index is -0.902. The van der Waals surface area contributed by atoms with Crippen LogP contribution in [0.5, 0.6) is 11.6 Å². The summed E-state index contributed by atoms with van der Waals surface area (Å²) in [6.07, 6.45) is 5.45. The summed E-state index contributed by atoms with van der Waals surface area (Å²) in [5.41, 5.74) is 2.42. The van der Waals surface area contributed by atoms with E-state index in [1.54, 1.807) is 30.6 Å². The zero-order chi connectivity index (χ0) is 28.9. The maximum atomic E-state index is 14.3. The topological polar surface area (TPSA) is 91.7 Å². The lowest BCUT2D eigenvalue weighted by molar-refractivity contribution is -0.138. The van der Waals surface area contributed by atoms with Crippen LogP contribution in [0, 0.1) is 5.92 Å². The van der Waals surface area contributed by atoms with E-state index in [9.17, 15) is 9.18 Å². The van der Waals surface area contributed by atoms with Gasteiger partial charge in [-0.3, -0.25) is 9.69 Å². The highest BCUT2D eigenvalue weighted by Crippen LogP contribution is 2.32. The molecular weight excluding hydrogens is 568 g/mol. The van der Waals surface area contributed by atoms with E-state index < -0.39 is 12.1 Å². The molecule has 0 radical (unpaired) electrons. The van der Waals surface area contributed by atoms with Crippen LogP contribution in [0.1, 0.15) is 49.4 Å². The Bertz CT molecular complexity index is 1330. The van der Waals surface area contributed by atoms with Gasteiger partial charge in [-0.1, -0.05) is 23.2 Å². The first-order chi connectivity index (χ1) is 19.7. The maximum absolute atomic E-state index is 14.3. The molecule has 2 atom stereocenters. The third-order valence-electron chi connectivity index (χ3n) is 7.74. The molecule has 41 heavy (non-hydrogen) atoms. The molecule has 5 rings (SSSR count). The molecule has 8 nitrogen and oxygen atoms in total. The number of pyridine rings is 1. The molecule has 4 heterocycles. The highest BCUT2D eigenvalue weighted by molar-refractivity contribution is 6.35. The molecule has 2 aliphatic heterocycles. The molecular formula is C30H34Cl2FN5O3. The third-order valence-corrected chi connectivity index (χ3v) is 8.18. The average Bonchev–Trinajstić information content (AvgIpc) is 3.09. The van der Waals surface area contributed by atoms with E-state index in [0.29, 0.717) is 52.7 Å². The number of piperidine rings is 1. The van der Waals surface area contributed by atoms with Gasteiger partial charge in [0.25, 0.3) is 0 Å². The van der Waals surface area contributed by atoms with E-state index in [1.807, 2.05) is 24.1 Å².